The number of rotatable bonds is 9. The van der Waals surface area contributed by atoms with Crippen molar-refractivity contribution in [3.8, 4) is 11.5 Å². The summed E-state index contributed by atoms with van der Waals surface area (Å²) in [6, 6.07) is 14.2. The first kappa shape index (κ1) is 50.7. The predicted octanol–water partition coefficient (Wildman–Crippen LogP) is 6.81. The summed E-state index contributed by atoms with van der Waals surface area (Å²) in [7, 11) is 0. The summed E-state index contributed by atoms with van der Waals surface area (Å²) in [5.74, 6) is -7.70. The van der Waals surface area contributed by atoms with Gasteiger partial charge in [0.2, 0.25) is 0 Å². The Morgan fingerprint density at radius 2 is 1.43 bits per heavy atom. The van der Waals surface area contributed by atoms with E-state index in [0.717, 1.165) is 0 Å². The van der Waals surface area contributed by atoms with Crippen LogP contribution in [0.15, 0.2) is 59.6 Å². The Balaban J connectivity index is 0.00000139. The van der Waals surface area contributed by atoms with E-state index in [-0.39, 0.29) is 47.3 Å². The van der Waals surface area contributed by atoms with E-state index in [1.54, 1.807) is 105 Å². The maximum Gasteiger partial charge on any atom is 0.490 e. The number of alkyl halides is 3. The summed E-state index contributed by atoms with van der Waals surface area (Å²) < 4.78 is 60.6. The number of carbonyl (C=O) groups is 6. The Hall–Kier alpha value is -6.66. The van der Waals surface area contributed by atoms with Crippen molar-refractivity contribution in [1.29, 1.82) is 0 Å². The number of amides is 1. The van der Waals surface area contributed by atoms with Crippen LogP contribution in [0.25, 0.3) is 0 Å². The van der Waals surface area contributed by atoms with Gasteiger partial charge in [0.25, 0.3) is 5.91 Å². The Morgan fingerprint density at radius 1 is 0.841 bits per heavy atom. The second kappa shape index (κ2) is 20.5. The highest BCUT2D eigenvalue weighted by Gasteiger charge is 2.38. The zero-order valence-corrected chi connectivity index (χ0v) is 36.5. The third-order valence-corrected chi connectivity index (χ3v) is 8.10. The molecule has 4 rings (SSSR count). The number of benzene rings is 3. The molecule has 0 bridgehead atoms. The first-order valence-electron chi connectivity index (χ1n) is 19.5. The van der Waals surface area contributed by atoms with Gasteiger partial charge >= 0.3 is 36.0 Å². The van der Waals surface area contributed by atoms with Gasteiger partial charge in [-0.2, -0.15) is 13.2 Å². The summed E-state index contributed by atoms with van der Waals surface area (Å²) in [6.45, 7) is 15.6. The largest absolute Gasteiger partial charge is 0.490 e. The fraction of sp³-hybridized carbons (Fsp3) is 0.432. The van der Waals surface area contributed by atoms with E-state index in [9.17, 15) is 37.1 Å². The molecule has 0 saturated carbocycles. The van der Waals surface area contributed by atoms with E-state index in [1.165, 1.54) is 12.1 Å². The van der Waals surface area contributed by atoms with Gasteiger partial charge in [0.1, 0.15) is 16.8 Å². The number of halogens is 3. The van der Waals surface area contributed by atoms with Gasteiger partial charge in [-0.05, 0) is 134 Å². The number of guanidine groups is 1. The Kier molecular flexibility index (Phi) is 16.5. The van der Waals surface area contributed by atoms with E-state index < -0.39 is 71.1 Å². The lowest BCUT2D eigenvalue weighted by atomic mass is 9.92. The molecule has 19 heteroatoms. The fourth-order valence-corrected chi connectivity index (χ4v) is 5.65. The number of nitrogens with two attached hydrogens (primary N) is 2. The summed E-state index contributed by atoms with van der Waals surface area (Å²) in [4.78, 5) is 80.5. The minimum atomic E-state index is -5.08. The number of aliphatic carboxylic acids is 1. The number of esters is 4. The van der Waals surface area contributed by atoms with E-state index >= 15 is 0 Å². The highest BCUT2D eigenvalue weighted by molar-refractivity contribution is 6.00. The van der Waals surface area contributed by atoms with Crippen LogP contribution < -0.4 is 26.3 Å². The van der Waals surface area contributed by atoms with Crippen LogP contribution in [0.1, 0.15) is 129 Å². The van der Waals surface area contributed by atoms with Gasteiger partial charge in [-0.15, -0.1) is 0 Å². The van der Waals surface area contributed by atoms with Crippen LogP contribution >= 0.6 is 0 Å². The minimum Gasteiger partial charge on any atom is -0.489 e. The van der Waals surface area contributed by atoms with E-state index in [1.807, 2.05) is 0 Å². The maximum absolute atomic E-state index is 14.1. The number of fused-ring (bicyclic) bond motifs is 2. The fourth-order valence-electron chi connectivity index (χ4n) is 5.65. The Bertz CT molecular complexity index is 2220. The zero-order chi connectivity index (χ0) is 47.7. The van der Waals surface area contributed by atoms with E-state index in [2.05, 4.69) is 10.3 Å². The smallest absolute Gasteiger partial charge is 0.489 e. The second-order valence-corrected chi connectivity index (χ2v) is 17.2. The molecule has 342 valence electrons. The SMILES string of the molecule is CC(C)(C)OC(=O)C[C@H](C(=O)OC(C)(C)C)c1cc2c(c(C(=O)NCc3ccc(C(=O)OC(C)(C)C)cc3)c1)OCCCc1cc(N=C(N)N)ccc1C(=O)O2.O=C(O)C(F)(F)F. The summed E-state index contributed by atoms with van der Waals surface area (Å²) >= 11 is 0. The van der Waals surface area contributed by atoms with Crippen molar-refractivity contribution in [3.05, 3.63) is 88.0 Å². The van der Waals surface area contributed by atoms with Gasteiger partial charge in [0, 0.05) is 6.54 Å². The van der Waals surface area contributed by atoms with Crippen molar-refractivity contribution in [2.45, 2.75) is 117 Å². The second-order valence-electron chi connectivity index (χ2n) is 17.2. The summed E-state index contributed by atoms with van der Waals surface area (Å²) in [6.07, 6.45) is -4.71. The number of nitrogens with one attached hydrogen (secondary N) is 1. The molecular weight excluding hydrogens is 833 g/mol. The van der Waals surface area contributed by atoms with E-state index in [4.69, 9.17) is 45.1 Å². The predicted molar refractivity (Wildman–Crippen MR) is 223 cm³/mol. The quantitative estimate of drug-likeness (QED) is 0.0567. The number of aliphatic imine (C=N–C) groups is 1. The molecule has 1 atom stereocenters. The number of carbonyl (C=O) groups excluding carboxylic acids is 5. The number of hydrogen-bond donors (Lipinski definition) is 4. The molecular formula is C44H53F3N4O12. The van der Waals surface area contributed by atoms with Crippen molar-refractivity contribution < 1.29 is 70.7 Å². The molecule has 0 radical (unpaired) electrons. The van der Waals surface area contributed by atoms with Crippen LogP contribution in [0.2, 0.25) is 0 Å². The topological polar surface area (TPSA) is 245 Å². The lowest BCUT2D eigenvalue weighted by molar-refractivity contribution is -0.192. The van der Waals surface area contributed by atoms with Gasteiger partial charge in [-0.25, -0.2) is 19.4 Å². The molecule has 3 aromatic carbocycles. The van der Waals surface area contributed by atoms with Crippen LogP contribution in [0.5, 0.6) is 11.5 Å². The Morgan fingerprint density at radius 3 is 1.97 bits per heavy atom. The molecule has 1 aliphatic rings. The molecule has 16 nitrogen and oxygen atoms in total. The Labute approximate surface area is 362 Å². The third-order valence-electron chi connectivity index (χ3n) is 8.10. The van der Waals surface area contributed by atoms with Crippen LogP contribution in [-0.2, 0) is 41.6 Å². The zero-order valence-electron chi connectivity index (χ0n) is 36.5. The summed E-state index contributed by atoms with van der Waals surface area (Å²) in [5, 5.41) is 9.98. The molecule has 3 aromatic rings. The maximum atomic E-state index is 14.1. The molecule has 1 amide bonds. The monoisotopic (exact) mass is 886 g/mol. The van der Waals surface area contributed by atoms with E-state index in [0.29, 0.717) is 35.2 Å². The average molecular weight is 887 g/mol. The highest BCUT2D eigenvalue weighted by Crippen LogP contribution is 2.39. The van der Waals surface area contributed by atoms with Gasteiger partial charge in [-0.1, -0.05) is 12.1 Å². The lowest BCUT2D eigenvalue weighted by Gasteiger charge is -2.26. The summed E-state index contributed by atoms with van der Waals surface area (Å²) in [5.41, 5.74) is 11.1. The van der Waals surface area contributed by atoms with Crippen LogP contribution in [0.3, 0.4) is 0 Å². The molecule has 63 heavy (non-hydrogen) atoms. The van der Waals surface area contributed by atoms with Crippen LogP contribution in [0, 0.1) is 0 Å². The van der Waals surface area contributed by atoms with Crippen molar-refractivity contribution in [3.63, 3.8) is 0 Å². The molecule has 0 saturated heterocycles. The highest BCUT2D eigenvalue weighted by atomic mass is 19.4. The van der Waals surface area contributed by atoms with Gasteiger partial charge in [0.05, 0.1) is 41.3 Å². The normalized spacial score (nSPS) is 13.4. The minimum absolute atomic E-state index is 0.0329. The lowest BCUT2D eigenvalue weighted by Crippen LogP contribution is -2.31. The first-order chi connectivity index (χ1) is 28.9. The number of ether oxygens (including phenoxy) is 5. The van der Waals surface area contributed by atoms with Crippen LogP contribution in [-0.4, -0.2) is 76.4 Å². The molecule has 0 unspecified atom stereocenters. The van der Waals surface area contributed by atoms with Gasteiger partial charge in [-0.3, -0.25) is 14.4 Å². The third kappa shape index (κ3) is 16.6. The molecule has 0 spiro atoms. The van der Waals surface area contributed by atoms with Crippen molar-refractivity contribution in [1.82, 2.24) is 5.32 Å². The molecule has 1 heterocycles. The molecule has 0 fully saturated rings. The van der Waals surface area contributed by atoms with Gasteiger partial charge < -0.3 is 45.6 Å². The number of carboxylic acids is 1. The molecule has 0 aliphatic carbocycles. The number of carboxylic acid groups (broad SMARTS) is 1. The van der Waals surface area contributed by atoms with Crippen molar-refractivity contribution in [2.24, 2.45) is 16.5 Å². The van der Waals surface area contributed by atoms with Crippen molar-refractivity contribution in [2.75, 3.05) is 6.61 Å². The molecule has 1 aliphatic heterocycles. The van der Waals surface area contributed by atoms with Gasteiger partial charge in [0.15, 0.2) is 17.5 Å². The molecule has 0 aromatic heterocycles. The molecule has 6 N–H and O–H groups in total. The number of hydrogen-bond acceptors (Lipinski definition) is 12. The standard InChI is InChI=1S/C42H52N4O10.C2HF3O2/c1-40(2,3)54-33(47)22-30(38(51)56-42(7,8)9)27-20-31(35(48)45-23-24-12-14-25(15-13-24)36(49)55-41(4,5)6)34-32(21-27)53-37(50)29-17-16-28(46-39(43)44)19-26(29)11-10-18-52-34;3-2(4,5)1(6)7/h12-17,19-21,30H,10-11,18,22-23H2,1-9H3,(H,45,48)(H4,43,44,46);(H,6,7)/t30-;/m0./s1. The average Bonchev–Trinajstić information content (AvgIpc) is 3.12. The van der Waals surface area contributed by atoms with Crippen LogP contribution in [0.4, 0.5) is 18.9 Å². The number of aryl methyl sites for hydroxylation is 1. The van der Waals surface area contributed by atoms with Crippen molar-refractivity contribution >= 4 is 47.4 Å². The first-order valence-corrected chi connectivity index (χ1v) is 19.5. The number of nitrogens with zero attached hydrogens (tertiary/aromatic N) is 1.